The fourth-order valence-electron chi connectivity index (χ4n) is 2.41. The van der Waals surface area contributed by atoms with Crippen molar-refractivity contribution in [3.8, 4) is 6.07 Å². The summed E-state index contributed by atoms with van der Waals surface area (Å²) in [5.74, 6) is 1.40. The van der Waals surface area contributed by atoms with Gasteiger partial charge in [-0.2, -0.15) is 5.26 Å². The van der Waals surface area contributed by atoms with Crippen LogP contribution >= 0.6 is 0 Å². The van der Waals surface area contributed by atoms with E-state index in [1.165, 1.54) is 12.4 Å². The van der Waals surface area contributed by atoms with E-state index < -0.39 is 0 Å². The van der Waals surface area contributed by atoms with Crippen molar-refractivity contribution in [1.82, 2.24) is 15.0 Å². The van der Waals surface area contributed by atoms with E-state index in [0.717, 1.165) is 32.0 Å². The van der Waals surface area contributed by atoms with Crippen LogP contribution in [0.1, 0.15) is 5.56 Å². The van der Waals surface area contributed by atoms with Gasteiger partial charge in [-0.05, 0) is 12.1 Å². The summed E-state index contributed by atoms with van der Waals surface area (Å²) in [5.41, 5.74) is 0.430. The van der Waals surface area contributed by atoms with Crippen LogP contribution in [0.15, 0.2) is 35.5 Å². The van der Waals surface area contributed by atoms with Crippen LogP contribution in [0.25, 0.3) is 0 Å². The molecular weight excluding hydrogens is 268 g/mol. The normalized spacial score (nSPS) is 14.8. The number of anilines is 2. The first-order valence-electron chi connectivity index (χ1n) is 6.67. The average molecular weight is 282 g/mol. The van der Waals surface area contributed by atoms with Crippen molar-refractivity contribution < 1.29 is 0 Å². The standard InChI is InChI=1S/C14H14N6O/c15-9-11-2-1-3-16-14(11)20-6-4-19(5-7-20)12-8-13(21)18-10-17-12/h1-3,8,10H,4-7H2,(H,17,18,21). The van der Waals surface area contributed by atoms with E-state index in [9.17, 15) is 4.79 Å². The van der Waals surface area contributed by atoms with Gasteiger partial charge in [0.25, 0.3) is 5.56 Å². The molecule has 0 spiro atoms. The molecule has 3 rings (SSSR count). The van der Waals surface area contributed by atoms with Gasteiger partial charge in [0.15, 0.2) is 0 Å². The highest BCUT2D eigenvalue weighted by molar-refractivity contribution is 5.54. The van der Waals surface area contributed by atoms with E-state index in [4.69, 9.17) is 5.26 Å². The molecule has 0 saturated carbocycles. The highest BCUT2D eigenvalue weighted by atomic mass is 16.1. The van der Waals surface area contributed by atoms with Crippen LogP contribution < -0.4 is 15.4 Å². The van der Waals surface area contributed by atoms with Gasteiger partial charge >= 0.3 is 0 Å². The minimum Gasteiger partial charge on any atom is -0.353 e. The highest BCUT2D eigenvalue weighted by Gasteiger charge is 2.21. The Labute approximate surface area is 121 Å². The van der Waals surface area contributed by atoms with Crippen LogP contribution in [0.4, 0.5) is 11.6 Å². The Morgan fingerprint density at radius 1 is 1.19 bits per heavy atom. The van der Waals surface area contributed by atoms with Crippen molar-refractivity contribution in [2.45, 2.75) is 0 Å². The quantitative estimate of drug-likeness (QED) is 0.855. The second-order valence-electron chi connectivity index (χ2n) is 4.73. The maximum atomic E-state index is 11.3. The van der Waals surface area contributed by atoms with E-state index in [-0.39, 0.29) is 5.56 Å². The number of hydrogen-bond donors (Lipinski definition) is 1. The van der Waals surface area contributed by atoms with Crippen molar-refractivity contribution in [1.29, 1.82) is 5.26 Å². The van der Waals surface area contributed by atoms with E-state index in [1.807, 2.05) is 0 Å². The molecule has 0 atom stereocenters. The molecule has 106 valence electrons. The smallest absolute Gasteiger partial charge is 0.252 e. The fourth-order valence-corrected chi connectivity index (χ4v) is 2.41. The Kier molecular flexibility index (Phi) is 3.51. The van der Waals surface area contributed by atoms with Crippen molar-refractivity contribution >= 4 is 11.6 Å². The molecule has 0 bridgehead atoms. The monoisotopic (exact) mass is 282 g/mol. The number of rotatable bonds is 2. The Hall–Kier alpha value is -2.88. The molecule has 2 aromatic heterocycles. The number of nitrogens with one attached hydrogen (secondary N) is 1. The molecule has 0 unspecified atom stereocenters. The van der Waals surface area contributed by atoms with Gasteiger partial charge in [-0.3, -0.25) is 4.79 Å². The van der Waals surface area contributed by atoms with Crippen LogP contribution in [0.2, 0.25) is 0 Å². The number of piperazine rings is 1. The van der Waals surface area contributed by atoms with Gasteiger partial charge in [-0.1, -0.05) is 0 Å². The lowest BCUT2D eigenvalue weighted by atomic mass is 10.2. The third-order valence-corrected chi connectivity index (χ3v) is 3.47. The molecule has 1 aliphatic rings. The van der Waals surface area contributed by atoms with Crippen LogP contribution in [-0.2, 0) is 0 Å². The first-order valence-corrected chi connectivity index (χ1v) is 6.67. The van der Waals surface area contributed by atoms with Gasteiger partial charge in [-0.25, -0.2) is 9.97 Å². The molecule has 0 amide bonds. The predicted molar refractivity (Wildman–Crippen MR) is 78.2 cm³/mol. The molecule has 1 aliphatic heterocycles. The molecule has 21 heavy (non-hydrogen) atoms. The third-order valence-electron chi connectivity index (χ3n) is 3.47. The predicted octanol–water partition coefficient (Wildman–Crippen LogP) is 0.363. The topological polar surface area (TPSA) is 88.9 Å². The van der Waals surface area contributed by atoms with E-state index in [1.54, 1.807) is 18.3 Å². The van der Waals surface area contributed by atoms with Crippen LogP contribution in [0, 0.1) is 11.3 Å². The summed E-state index contributed by atoms with van der Waals surface area (Å²) in [7, 11) is 0. The SMILES string of the molecule is N#Cc1cccnc1N1CCN(c2cc(=O)[nH]cn2)CC1. The van der Waals surface area contributed by atoms with Gasteiger partial charge in [0.1, 0.15) is 17.7 Å². The number of aromatic amines is 1. The Morgan fingerprint density at radius 3 is 2.67 bits per heavy atom. The van der Waals surface area contributed by atoms with Crippen molar-refractivity contribution in [2.24, 2.45) is 0 Å². The van der Waals surface area contributed by atoms with Crippen LogP contribution in [-0.4, -0.2) is 41.1 Å². The summed E-state index contributed by atoms with van der Waals surface area (Å²) in [6, 6.07) is 7.20. The maximum absolute atomic E-state index is 11.3. The number of nitrogens with zero attached hydrogens (tertiary/aromatic N) is 5. The van der Waals surface area contributed by atoms with Crippen LogP contribution in [0.3, 0.4) is 0 Å². The summed E-state index contributed by atoms with van der Waals surface area (Å²) < 4.78 is 0. The molecule has 7 nitrogen and oxygen atoms in total. The lowest BCUT2D eigenvalue weighted by Crippen LogP contribution is -2.47. The maximum Gasteiger partial charge on any atom is 0.252 e. The van der Waals surface area contributed by atoms with Crippen molar-refractivity contribution in [2.75, 3.05) is 36.0 Å². The zero-order valence-electron chi connectivity index (χ0n) is 11.4. The van der Waals surface area contributed by atoms with E-state index in [2.05, 4.69) is 30.8 Å². The minimum absolute atomic E-state index is 0.154. The molecule has 1 N–H and O–H groups in total. The summed E-state index contributed by atoms with van der Waals surface area (Å²) in [4.78, 5) is 26.5. The van der Waals surface area contributed by atoms with Crippen molar-refractivity contribution in [3.63, 3.8) is 0 Å². The lowest BCUT2D eigenvalue weighted by molar-refractivity contribution is 0.640. The summed E-state index contributed by atoms with van der Waals surface area (Å²) in [5, 5.41) is 9.13. The molecule has 1 saturated heterocycles. The highest BCUT2D eigenvalue weighted by Crippen LogP contribution is 2.19. The van der Waals surface area contributed by atoms with Crippen LogP contribution in [0.5, 0.6) is 0 Å². The average Bonchev–Trinajstić information content (AvgIpc) is 2.55. The molecule has 0 radical (unpaired) electrons. The third kappa shape index (κ3) is 2.69. The number of H-pyrrole nitrogens is 1. The van der Waals surface area contributed by atoms with Gasteiger partial charge in [0.2, 0.25) is 0 Å². The molecule has 0 aliphatic carbocycles. The molecule has 1 fully saturated rings. The first kappa shape index (κ1) is 13.1. The number of pyridine rings is 1. The molecule has 0 aromatic carbocycles. The number of aromatic nitrogens is 3. The van der Waals surface area contributed by atoms with E-state index >= 15 is 0 Å². The van der Waals surface area contributed by atoms with Gasteiger partial charge in [-0.15, -0.1) is 0 Å². The lowest BCUT2D eigenvalue weighted by Gasteiger charge is -2.36. The van der Waals surface area contributed by atoms with Gasteiger partial charge in [0, 0.05) is 38.4 Å². The summed E-state index contributed by atoms with van der Waals surface area (Å²) in [6.07, 6.45) is 3.11. The molecular formula is C14H14N6O. The molecule has 3 heterocycles. The Balaban J connectivity index is 1.74. The van der Waals surface area contributed by atoms with Gasteiger partial charge in [0.05, 0.1) is 11.9 Å². The molecule has 7 heteroatoms. The van der Waals surface area contributed by atoms with E-state index in [0.29, 0.717) is 11.4 Å². The Morgan fingerprint density at radius 2 is 1.95 bits per heavy atom. The molecule has 2 aromatic rings. The summed E-state index contributed by atoms with van der Waals surface area (Å²) in [6.45, 7) is 2.94. The second-order valence-corrected chi connectivity index (χ2v) is 4.73. The minimum atomic E-state index is -0.154. The number of hydrogen-bond acceptors (Lipinski definition) is 6. The fraction of sp³-hybridized carbons (Fsp3) is 0.286. The zero-order valence-corrected chi connectivity index (χ0v) is 11.4. The largest absolute Gasteiger partial charge is 0.353 e. The Bertz CT molecular complexity index is 726. The number of nitriles is 1. The zero-order chi connectivity index (χ0) is 14.7. The summed E-state index contributed by atoms with van der Waals surface area (Å²) >= 11 is 0. The van der Waals surface area contributed by atoms with Crippen molar-refractivity contribution in [3.05, 3.63) is 46.6 Å². The van der Waals surface area contributed by atoms with Gasteiger partial charge < -0.3 is 14.8 Å². The first-order chi connectivity index (χ1) is 10.3. The second kappa shape index (κ2) is 5.63.